The lowest BCUT2D eigenvalue weighted by atomic mass is 9.95. The van der Waals surface area contributed by atoms with Crippen molar-refractivity contribution in [3.8, 4) is 0 Å². The number of unbranched alkanes of at least 4 members (excludes halogenated alkanes) is 3. The van der Waals surface area contributed by atoms with Crippen LogP contribution in [0.2, 0.25) is 0 Å². The maximum atomic E-state index is 5.95. The molecule has 0 fully saturated rings. The van der Waals surface area contributed by atoms with Gasteiger partial charge in [0.05, 0.1) is 0 Å². The molecular formula is C17H23N. The van der Waals surface area contributed by atoms with Crippen molar-refractivity contribution in [1.82, 2.24) is 0 Å². The molecule has 96 valence electrons. The zero-order valence-corrected chi connectivity index (χ0v) is 11.3. The third kappa shape index (κ3) is 2.91. The molecule has 0 unspecified atom stereocenters. The van der Waals surface area contributed by atoms with Crippen molar-refractivity contribution in [2.75, 3.05) is 0 Å². The first-order valence-electron chi connectivity index (χ1n) is 7.06. The average Bonchev–Trinajstić information content (AvgIpc) is 2.43. The van der Waals surface area contributed by atoms with Crippen molar-refractivity contribution in [3.63, 3.8) is 0 Å². The van der Waals surface area contributed by atoms with Crippen LogP contribution >= 0.6 is 0 Å². The van der Waals surface area contributed by atoms with E-state index in [1.165, 1.54) is 47.6 Å². The van der Waals surface area contributed by atoms with E-state index in [2.05, 4.69) is 43.3 Å². The van der Waals surface area contributed by atoms with Gasteiger partial charge >= 0.3 is 0 Å². The Morgan fingerprint density at radius 3 is 2.56 bits per heavy atom. The molecule has 1 nitrogen and oxygen atoms in total. The van der Waals surface area contributed by atoms with Crippen LogP contribution in [0.1, 0.15) is 43.7 Å². The molecule has 0 atom stereocenters. The molecule has 0 aliphatic carbocycles. The first-order chi connectivity index (χ1) is 8.86. The highest BCUT2D eigenvalue weighted by atomic mass is 14.5. The highest BCUT2D eigenvalue weighted by Gasteiger charge is 2.05. The van der Waals surface area contributed by atoms with Gasteiger partial charge in [-0.15, -0.1) is 0 Å². The summed E-state index contributed by atoms with van der Waals surface area (Å²) in [4.78, 5) is 0. The Morgan fingerprint density at radius 2 is 1.78 bits per heavy atom. The summed E-state index contributed by atoms with van der Waals surface area (Å²) in [5, 5.41) is 2.63. The number of aryl methyl sites for hydroxylation is 1. The highest BCUT2D eigenvalue weighted by Crippen LogP contribution is 2.23. The van der Waals surface area contributed by atoms with Crippen LogP contribution in [0.25, 0.3) is 10.8 Å². The van der Waals surface area contributed by atoms with E-state index in [0.29, 0.717) is 6.54 Å². The summed E-state index contributed by atoms with van der Waals surface area (Å²) in [6.45, 7) is 2.89. The second-order valence-electron chi connectivity index (χ2n) is 4.94. The topological polar surface area (TPSA) is 26.0 Å². The fraction of sp³-hybridized carbons (Fsp3) is 0.412. The normalized spacial score (nSPS) is 11.0. The van der Waals surface area contributed by atoms with Gasteiger partial charge in [0, 0.05) is 6.54 Å². The number of hydrogen-bond donors (Lipinski definition) is 1. The van der Waals surface area contributed by atoms with Gasteiger partial charge in [-0.1, -0.05) is 62.6 Å². The number of hydrogen-bond acceptors (Lipinski definition) is 1. The molecule has 2 rings (SSSR count). The molecule has 18 heavy (non-hydrogen) atoms. The van der Waals surface area contributed by atoms with Crippen molar-refractivity contribution in [1.29, 1.82) is 0 Å². The average molecular weight is 241 g/mol. The first kappa shape index (κ1) is 13.1. The Hall–Kier alpha value is -1.34. The van der Waals surface area contributed by atoms with E-state index in [9.17, 15) is 0 Å². The minimum absolute atomic E-state index is 0.643. The summed E-state index contributed by atoms with van der Waals surface area (Å²) in [5.41, 5.74) is 8.72. The molecule has 2 aromatic carbocycles. The largest absolute Gasteiger partial charge is 0.326 e. The smallest absolute Gasteiger partial charge is 0.0187 e. The zero-order valence-electron chi connectivity index (χ0n) is 11.3. The number of fused-ring (bicyclic) bond motifs is 1. The van der Waals surface area contributed by atoms with Crippen molar-refractivity contribution < 1.29 is 0 Å². The second-order valence-corrected chi connectivity index (χ2v) is 4.94. The van der Waals surface area contributed by atoms with E-state index in [1.807, 2.05) is 0 Å². The number of rotatable bonds is 6. The summed E-state index contributed by atoms with van der Waals surface area (Å²) >= 11 is 0. The van der Waals surface area contributed by atoms with Crippen molar-refractivity contribution in [2.45, 2.75) is 45.6 Å². The van der Waals surface area contributed by atoms with Crippen molar-refractivity contribution >= 4 is 10.8 Å². The summed E-state index contributed by atoms with van der Waals surface area (Å²) in [6, 6.07) is 13.0. The Morgan fingerprint density at radius 1 is 0.944 bits per heavy atom. The molecule has 0 saturated heterocycles. The first-order valence-corrected chi connectivity index (χ1v) is 7.06. The predicted octanol–water partition coefficient (Wildman–Crippen LogP) is 4.42. The van der Waals surface area contributed by atoms with Gasteiger partial charge in [0.2, 0.25) is 0 Å². The molecular weight excluding hydrogens is 218 g/mol. The molecule has 0 amide bonds. The van der Waals surface area contributed by atoms with Gasteiger partial charge in [-0.05, 0) is 34.7 Å². The standard InChI is InChI=1S/C17H23N/c1-2-3-4-5-8-15-12-11-14-9-6-7-10-16(14)17(15)13-18/h6-7,9-12H,2-5,8,13,18H2,1H3. The molecule has 0 aliphatic rings. The molecule has 0 spiro atoms. The minimum Gasteiger partial charge on any atom is -0.326 e. The lowest BCUT2D eigenvalue weighted by Crippen LogP contribution is -2.03. The molecule has 0 saturated carbocycles. The molecule has 2 aromatic rings. The molecule has 1 heteroatoms. The monoisotopic (exact) mass is 241 g/mol. The zero-order chi connectivity index (χ0) is 12.8. The van der Waals surface area contributed by atoms with Crippen molar-refractivity contribution in [2.24, 2.45) is 5.73 Å². The van der Waals surface area contributed by atoms with Crippen molar-refractivity contribution in [3.05, 3.63) is 47.5 Å². The van der Waals surface area contributed by atoms with Crippen LogP contribution in [0.5, 0.6) is 0 Å². The molecule has 0 radical (unpaired) electrons. The quantitative estimate of drug-likeness (QED) is 0.744. The van der Waals surface area contributed by atoms with Gasteiger partial charge in [-0.2, -0.15) is 0 Å². The highest BCUT2D eigenvalue weighted by molar-refractivity contribution is 5.86. The molecule has 0 heterocycles. The predicted molar refractivity (Wildman–Crippen MR) is 79.7 cm³/mol. The maximum absolute atomic E-state index is 5.95. The van der Waals surface area contributed by atoms with E-state index in [1.54, 1.807) is 0 Å². The lowest BCUT2D eigenvalue weighted by Gasteiger charge is -2.11. The van der Waals surface area contributed by atoms with Crippen LogP contribution in [0, 0.1) is 0 Å². The van der Waals surface area contributed by atoms with Crippen LogP contribution in [0.3, 0.4) is 0 Å². The number of benzene rings is 2. The Balaban J connectivity index is 2.22. The number of nitrogens with two attached hydrogens (primary N) is 1. The van der Waals surface area contributed by atoms with Gasteiger partial charge in [-0.3, -0.25) is 0 Å². The summed E-state index contributed by atoms with van der Waals surface area (Å²) < 4.78 is 0. The SMILES string of the molecule is CCCCCCc1ccc2ccccc2c1CN. The minimum atomic E-state index is 0.643. The van der Waals surface area contributed by atoms with Gasteiger partial charge in [-0.25, -0.2) is 0 Å². The van der Waals surface area contributed by atoms with E-state index in [0.717, 1.165) is 6.42 Å². The lowest BCUT2D eigenvalue weighted by molar-refractivity contribution is 0.665. The Kier molecular flexibility index (Phi) is 4.77. The van der Waals surface area contributed by atoms with E-state index in [-0.39, 0.29) is 0 Å². The summed E-state index contributed by atoms with van der Waals surface area (Å²) in [5.74, 6) is 0. The summed E-state index contributed by atoms with van der Waals surface area (Å²) in [7, 11) is 0. The maximum Gasteiger partial charge on any atom is 0.0187 e. The molecule has 0 bridgehead atoms. The molecule has 0 aliphatic heterocycles. The van der Waals surface area contributed by atoms with Crippen LogP contribution in [0.4, 0.5) is 0 Å². The molecule has 0 aromatic heterocycles. The van der Waals surface area contributed by atoms with Gasteiger partial charge < -0.3 is 5.73 Å². The van der Waals surface area contributed by atoms with Crippen LogP contribution in [-0.4, -0.2) is 0 Å². The second kappa shape index (κ2) is 6.55. The third-order valence-corrected chi connectivity index (χ3v) is 3.64. The van der Waals surface area contributed by atoms with Gasteiger partial charge in [0.25, 0.3) is 0 Å². The third-order valence-electron chi connectivity index (χ3n) is 3.64. The molecule has 2 N–H and O–H groups in total. The summed E-state index contributed by atoms with van der Waals surface area (Å²) in [6.07, 6.45) is 6.40. The van der Waals surface area contributed by atoms with Crippen LogP contribution in [-0.2, 0) is 13.0 Å². The van der Waals surface area contributed by atoms with Crippen LogP contribution < -0.4 is 5.73 Å². The van der Waals surface area contributed by atoms with E-state index >= 15 is 0 Å². The fourth-order valence-electron chi connectivity index (χ4n) is 2.60. The van der Waals surface area contributed by atoms with E-state index in [4.69, 9.17) is 5.73 Å². The fourth-order valence-corrected chi connectivity index (χ4v) is 2.60. The van der Waals surface area contributed by atoms with Gasteiger partial charge in [0.15, 0.2) is 0 Å². The Bertz CT molecular complexity index is 502. The van der Waals surface area contributed by atoms with E-state index < -0.39 is 0 Å². The van der Waals surface area contributed by atoms with Gasteiger partial charge in [0.1, 0.15) is 0 Å². The Labute approximate surface area is 110 Å². The van der Waals surface area contributed by atoms with Crippen LogP contribution in [0.15, 0.2) is 36.4 Å².